The van der Waals surface area contributed by atoms with Gasteiger partial charge in [-0.2, -0.15) is 0 Å². The molecule has 0 fully saturated rings. The molecule has 0 radical (unpaired) electrons. The summed E-state index contributed by atoms with van der Waals surface area (Å²) in [5.41, 5.74) is 7.38. The summed E-state index contributed by atoms with van der Waals surface area (Å²) in [5, 5.41) is 10.4. The molecule has 0 saturated heterocycles. The van der Waals surface area contributed by atoms with Crippen LogP contribution in [0.4, 0.5) is 0 Å². The Hall–Kier alpha value is -1.34. The van der Waals surface area contributed by atoms with Crippen molar-refractivity contribution in [2.24, 2.45) is 11.3 Å². The molecule has 0 heterocycles. The molecule has 1 aliphatic rings. The van der Waals surface area contributed by atoms with Gasteiger partial charge in [-0.25, -0.2) is 0 Å². The van der Waals surface area contributed by atoms with E-state index < -0.39 is 0 Å². The standard InChI is InChI=1S/C30H50O/c1-23(2)13-11-16-25(4)18-12-17-24(3)14-9-10-15-26(5)19-21-28-27(6)20-22-29(31)30(28,7)8/h13-15,18,20,28-29,31H,9-12,16-17,19,21-22H2,1-8H3/b24-14+,25-18-,26-15-. The number of hydrogen-bond acceptors (Lipinski definition) is 1. The molecular weight excluding hydrogens is 376 g/mol. The molecule has 0 saturated carbocycles. The van der Waals surface area contributed by atoms with E-state index in [1.165, 1.54) is 47.1 Å². The van der Waals surface area contributed by atoms with E-state index in [1.54, 1.807) is 0 Å². The van der Waals surface area contributed by atoms with Crippen molar-refractivity contribution in [3.8, 4) is 0 Å². The SMILES string of the molecule is CC(C)=CCC/C(C)=C\CC/C(C)=C/CC/C=C(/C)CCC1C(C)=CCC(O)C1(C)C. The van der Waals surface area contributed by atoms with Gasteiger partial charge in [-0.15, -0.1) is 0 Å². The summed E-state index contributed by atoms with van der Waals surface area (Å²) in [6.07, 6.45) is 21.6. The summed E-state index contributed by atoms with van der Waals surface area (Å²) in [4.78, 5) is 0. The highest BCUT2D eigenvalue weighted by atomic mass is 16.3. The van der Waals surface area contributed by atoms with Gasteiger partial charge in [0.1, 0.15) is 0 Å². The monoisotopic (exact) mass is 426 g/mol. The first-order valence-corrected chi connectivity index (χ1v) is 12.5. The van der Waals surface area contributed by atoms with Crippen molar-refractivity contribution in [1.29, 1.82) is 0 Å². The zero-order chi connectivity index (χ0) is 23.4. The highest BCUT2D eigenvalue weighted by Crippen LogP contribution is 2.43. The van der Waals surface area contributed by atoms with Crippen LogP contribution in [0.3, 0.4) is 0 Å². The molecule has 0 aromatic rings. The molecular formula is C30H50O. The Morgan fingerprint density at radius 1 is 0.839 bits per heavy atom. The van der Waals surface area contributed by atoms with Gasteiger partial charge in [0.05, 0.1) is 6.10 Å². The van der Waals surface area contributed by atoms with Crippen LogP contribution in [-0.2, 0) is 0 Å². The van der Waals surface area contributed by atoms with E-state index in [1.807, 2.05) is 0 Å². The van der Waals surface area contributed by atoms with Crippen LogP contribution in [0.15, 0.2) is 58.2 Å². The van der Waals surface area contributed by atoms with E-state index in [4.69, 9.17) is 0 Å². The number of hydrogen-bond donors (Lipinski definition) is 1. The van der Waals surface area contributed by atoms with Gasteiger partial charge in [-0.05, 0) is 111 Å². The van der Waals surface area contributed by atoms with E-state index >= 15 is 0 Å². The van der Waals surface area contributed by atoms with Crippen molar-refractivity contribution in [1.82, 2.24) is 0 Å². The molecule has 1 rings (SSSR count). The Bertz CT molecular complexity index is 692. The van der Waals surface area contributed by atoms with Gasteiger partial charge in [0, 0.05) is 0 Å². The minimum atomic E-state index is -0.213. The van der Waals surface area contributed by atoms with Gasteiger partial charge >= 0.3 is 0 Å². The third-order valence-corrected chi connectivity index (χ3v) is 7.07. The van der Waals surface area contributed by atoms with Gasteiger partial charge in [0.15, 0.2) is 0 Å². The number of allylic oxidation sites excluding steroid dienone is 9. The van der Waals surface area contributed by atoms with Crippen molar-refractivity contribution in [2.45, 2.75) is 119 Å². The second-order valence-corrected chi connectivity index (χ2v) is 10.7. The third kappa shape index (κ3) is 10.7. The van der Waals surface area contributed by atoms with Gasteiger partial charge in [0.2, 0.25) is 0 Å². The number of aliphatic hydroxyl groups excluding tert-OH is 1. The minimum absolute atomic E-state index is 0.0165. The van der Waals surface area contributed by atoms with Crippen LogP contribution in [-0.4, -0.2) is 11.2 Å². The first kappa shape index (κ1) is 27.7. The molecule has 1 nitrogen and oxygen atoms in total. The van der Waals surface area contributed by atoms with Crippen LogP contribution in [0.25, 0.3) is 0 Å². The lowest BCUT2D eigenvalue weighted by Crippen LogP contribution is -2.39. The van der Waals surface area contributed by atoms with Crippen molar-refractivity contribution in [2.75, 3.05) is 0 Å². The fourth-order valence-electron chi connectivity index (χ4n) is 4.63. The summed E-state index contributed by atoms with van der Waals surface area (Å²) in [7, 11) is 0. The highest BCUT2D eigenvalue weighted by molar-refractivity contribution is 5.16. The lowest BCUT2D eigenvalue weighted by Gasteiger charge is -2.42. The molecule has 0 aromatic carbocycles. The molecule has 0 aromatic heterocycles. The van der Waals surface area contributed by atoms with E-state index in [0.29, 0.717) is 5.92 Å². The van der Waals surface area contributed by atoms with Crippen LogP contribution in [0.2, 0.25) is 0 Å². The molecule has 31 heavy (non-hydrogen) atoms. The first-order chi connectivity index (χ1) is 14.5. The van der Waals surface area contributed by atoms with E-state index in [0.717, 1.165) is 38.5 Å². The number of rotatable bonds is 12. The fourth-order valence-corrected chi connectivity index (χ4v) is 4.63. The average Bonchev–Trinajstić information content (AvgIpc) is 2.68. The second-order valence-electron chi connectivity index (χ2n) is 10.7. The first-order valence-electron chi connectivity index (χ1n) is 12.5. The van der Waals surface area contributed by atoms with E-state index in [9.17, 15) is 5.11 Å². The molecule has 2 atom stereocenters. The minimum Gasteiger partial charge on any atom is -0.392 e. The zero-order valence-corrected chi connectivity index (χ0v) is 21.9. The molecule has 0 bridgehead atoms. The molecule has 1 aliphatic carbocycles. The number of aliphatic hydroxyl groups is 1. The molecule has 176 valence electrons. The predicted molar refractivity (Wildman–Crippen MR) is 139 cm³/mol. The maximum Gasteiger partial charge on any atom is 0.0631 e. The zero-order valence-electron chi connectivity index (χ0n) is 21.9. The van der Waals surface area contributed by atoms with Crippen LogP contribution in [0, 0.1) is 11.3 Å². The third-order valence-electron chi connectivity index (χ3n) is 7.07. The summed E-state index contributed by atoms with van der Waals surface area (Å²) in [6, 6.07) is 0. The quantitative estimate of drug-likeness (QED) is 0.243. The molecule has 2 unspecified atom stereocenters. The Kier molecular flexibility index (Phi) is 12.5. The molecule has 0 aliphatic heterocycles. The smallest absolute Gasteiger partial charge is 0.0631 e. The second kappa shape index (κ2) is 13.9. The van der Waals surface area contributed by atoms with Crippen LogP contribution < -0.4 is 0 Å². The van der Waals surface area contributed by atoms with Crippen LogP contribution >= 0.6 is 0 Å². The lowest BCUT2D eigenvalue weighted by molar-refractivity contribution is 0.00849. The van der Waals surface area contributed by atoms with Crippen molar-refractivity contribution >= 4 is 0 Å². The topological polar surface area (TPSA) is 20.2 Å². The summed E-state index contributed by atoms with van der Waals surface area (Å²) in [5.74, 6) is 0.486. The average molecular weight is 427 g/mol. The Morgan fingerprint density at radius 3 is 1.87 bits per heavy atom. The van der Waals surface area contributed by atoms with Gasteiger partial charge < -0.3 is 5.11 Å². The predicted octanol–water partition coefficient (Wildman–Crippen LogP) is 9.27. The summed E-state index contributed by atoms with van der Waals surface area (Å²) in [6.45, 7) is 17.8. The van der Waals surface area contributed by atoms with Gasteiger partial charge in [-0.1, -0.05) is 72.1 Å². The molecule has 0 spiro atoms. The van der Waals surface area contributed by atoms with E-state index in [-0.39, 0.29) is 11.5 Å². The van der Waals surface area contributed by atoms with Crippen LogP contribution in [0.5, 0.6) is 0 Å². The normalized spacial score (nSPS) is 22.4. The molecule has 0 amide bonds. The fraction of sp³-hybridized carbons (Fsp3) is 0.667. The van der Waals surface area contributed by atoms with Crippen molar-refractivity contribution < 1.29 is 5.11 Å². The maximum absolute atomic E-state index is 10.4. The number of unbranched alkanes of at least 4 members (excludes halogenated alkanes) is 1. The Labute approximate surface area is 194 Å². The Morgan fingerprint density at radius 2 is 1.32 bits per heavy atom. The van der Waals surface area contributed by atoms with Crippen LogP contribution in [0.1, 0.15) is 113 Å². The van der Waals surface area contributed by atoms with Crippen molar-refractivity contribution in [3.63, 3.8) is 0 Å². The van der Waals surface area contributed by atoms with Crippen molar-refractivity contribution in [3.05, 3.63) is 58.2 Å². The lowest BCUT2D eigenvalue weighted by atomic mass is 9.65. The summed E-state index contributed by atoms with van der Waals surface area (Å²) >= 11 is 0. The summed E-state index contributed by atoms with van der Waals surface area (Å²) < 4.78 is 0. The maximum atomic E-state index is 10.4. The largest absolute Gasteiger partial charge is 0.392 e. The van der Waals surface area contributed by atoms with Gasteiger partial charge in [0.25, 0.3) is 0 Å². The molecule has 1 N–H and O–H groups in total. The highest BCUT2D eigenvalue weighted by Gasteiger charge is 2.38. The van der Waals surface area contributed by atoms with E-state index in [2.05, 4.69) is 85.8 Å². The van der Waals surface area contributed by atoms with Gasteiger partial charge in [-0.3, -0.25) is 0 Å². The Balaban J connectivity index is 2.34. The molecule has 1 heteroatoms.